The van der Waals surface area contributed by atoms with Crippen LogP contribution in [0.4, 0.5) is 0 Å². The number of furan rings is 1. The van der Waals surface area contributed by atoms with E-state index in [1.165, 1.54) is 0 Å². The minimum atomic E-state index is -0.126. The molecule has 3 heterocycles. The van der Waals surface area contributed by atoms with E-state index in [4.69, 9.17) is 9.40 Å². The Bertz CT molecular complexity index is 3390. The van der Waals surface area contributed by atoms with Crippen molar-refractivity contribution in [1.82, 2.24) is 9.55 Å². The number of hydrogen-bond acceptors (Lipinski definition) is 2. The van der Waals surface area contributed by atoms with E-state index in [0.717, 1.165) is 77.3 Å². The standard InChI is InChI=1S/C53H34N2O/c1-3-13-35(14-4-1)41-33-48(37-15-5-2-6-16-37)54-49(34-41)40-18-11-17-38(31-40)39-27-30-51-47(32-39)44-19-7-9-23-50(44)55(51)42-28-25-36(26-29-42)43-21-12-22-46-45-20-8-10-24-52(45)56-53(43)46/h1-34H/i25D,26D,28D,29D. The highest BCUT2D eigenvalue weighted by atomic mass is 16.3. The van der Waals surface area contributed by atoms with Crippen molar-refractivity contribution >= 4 is 43.7 Å². The highest BCUT2D eigenvalue weighted by molar-refractivity contribution is 6.11. The van der Waals surface area contributed by atoms with E-state index in [1.54, 1.807) is 0 Å². The number of fused-ring (bicyclic) bond motifs is 6. The van der Waals surface area contributed by atoms with Gasteiger partial charge >= 0.3 is 0 Å². The molecule has 3 heteroatoms. The first kappa shape index (κ1) is 28.0. The lowest BCUT2D eigenvalue weighted by atomic mass is 9.97. The summed E-state index contributed by atoms with van der Waals surface area (Å²) in [7, 11) is 0. The number of hydrogen-bond donors (Lipinski definition) is 0. The predicted molar refractivity (Wildman–Crippen MR) is 233 cm³/mol. The van der Waals surface area contributed by atoms with E-state index in [2.05, 4.69) is 84.9 Å². The van der Waals surface area contributed by atoms with Crippen LogP contribution in [0.2, 0.25) is 0 Å². The van der Waals surface area contributed by atoms with Crippen molar-refractivity contribution in [3.05, 3.63) is 206 Å². The number of nitrogens with zero attached hydrogens (tertiary/aromatic N) is 2. The van der Waals surface area contributed by atoms with E-state index < -0.39 is 0 Å². The summed E-state index contributed by atoms with van der Waals surface area (Å²) >= 11 is 0. The maximum atomic E-state index is 9.44. The molecular formula is C53H34N2O. The van der Waals surface area contributed by atoms with Crippen molar-refractivity contribution in [2.45, 2.75) is 0 Å². The predicted octanol–water partition coefficient (Wildman–Crippen LogP) is 14.4. The van der Waals surface area contributed by atoms with Gasteiger partial charge in [-0.1, -0.05) is 152 Å². The van der Waals surface area contributed by atoms with Crippen LogP contribution in [0.3, 0.4) is 0 Å². The smallest absolute Gasteiger partial charge is 0.143 e. The van der Waals surface area contributed by atoms with Gasteiger partial charge in [-0.2, -0.15) is 0 Å². The zero-order chi connectivity index (χ0) is 40.5. The summed E-state index contributed by atoms with van der Waals surface area (Å²) in [6.45, 7) is 0. The lowest BCUT2D eigenvalue weighted by Gasteiger charge is -2.12. The summed E-state index contributed by atoms with van der Waals surface area (Å²) in [6, 6.07) is 60.4. The minimum Gasteiger partial charge on any atom is -0.455 e. The van der Waals surface area contributed by atoms with Gasteiger partial charge in [-0.3, -0.25) is 0 Å². The van der Waals surface area contributed by atoms with Crippen LogP contribution in [0, 0.1) is 0 Å². The van der Waals surface area contributed by atoms with Crippen molar-refractivity contribution in [1.29, 1.82) is 0 Å². The molecule has 0 aliphatic rings. The molecule has 0 amide bonds. The Kier molecular flexibility index (Phi) is 6.56. The number of rotatable bonds is 6. The lowest BCUT2D eigenvalue weighted by molar-refractivity contribution is 0.670. The number of para-hydroxylation sites is 3. The van der Waals surface area contributed by atoms with Gasteiger partial charge in [0.1, 0.15) is 11.2 Å². The van der Waals surface area contributed by atoms with Gasteiger partial charge in [0.05, 0.1) is 27.9 Å². The van der Waals surface area contributed by atoms with Gasteiger partial charge in [-0.15, -0.1) is 0 Å². The molecule has 11 rings (SSSR count). The zero-order valence-electron chi connectivity index (χ0n) is 34.1. The fourth-order valence-corrected chi connectivity index (χ4v) is 7.98. The molecule has 11 aromatic rings. The lowest BCUT2D eigenvalue weighted by Crippen LogP contribution is -1.94. The van der Waals surface area contributed by atoms with Crippen LogP contribution < -0.4 is 0 Å². The highest BCUT2D eigenvalue weighted by Crippen LogP contribution is 2.39. The average molecular weight is 719 g/mol. The van der Waals surface area contributed by atoms with Crippen molar-refractivity contribution in [2.24, 2.45) is 0 Å². The second-order valence-electron chi connectivity index (χ2n) is 14.0. The molecule has 0 atom stereocenters. The Balaban J connectivity index is 1.05. The monoisotopic (exact) mass is 718 g/mol. The van der Waals surface area contributed by atoms with Crippen molar-refractivity contribution in [2.75, 3.05) is 0 Å². The van der Waals surface area contributed by atoms with Crippen LogP contribution >= 0.6 is 0 Å². The van der Waals surface area contributed by atoms with Gasteiger partial charge < -0.3 is 8.98 Å². The van der Waals surface area contributed by atoms with Gasteiger partial charge in [-0.05, 0) is 82.4 Å². The Labute approximate surface area is 330 Å². The highest BCUT2D eigenvalue weighted by Gasteiger charge is 2.16. The van der Waals surface area contributed by atoms with E-state index in [1.807, 2.05) is 102 Å². The molecule has 0 saturated carbocycles. The fourth-order valence-electron chi connectivity index (χ4n) is 7.98. The summed E-state index contributed by atoms with van der Waals surface area (Å²) in [5.74, 6) is 0. The van der Waals surface area contributed by atoms with Crippen molar-refractivity contribution in [3.8, 4) is 61.6 Å². The minimum absolute atomic E-state index is 0.126. The van der Waals surface area contributed by atoms with E-state index in [0.29, 0.717) is 16.7 Å². The largest absolute Gasteiger partial charge is 0.455 e. The number of benzene rings is 8. The number of aromatic nitrogens is 2. The fraction of sp³-hybridized carbons (Fsp3) is 0. The molecule has 56 heavy (non-hydrogen) atoms. The van der Waals surface area contributed by atoms with Crippen molar-refractivity contribution in [3.63, 3.8) is 0 Å². The topological polar surface area (TPSA) is 31.0 Å². The molecule has 0 bridgehead atoms. The molecule has 262 valence electrons. The van der Waals surface area contributed by atoms with Crippen LogP contribution in [0.5, 0.6) is 0 Å². The van der Waals surface area contributed by atoms with Gasteiger partial charge in [0.25, 0.3) is 0 Å². The maximum absolute atomic E-state index is 9.44. The molecule has 0 aliphatic carbocycles. The summed E-state index contributed by atoms with van der Waals surface area (Å²) in [4.78, 5) is 5.17. The first-order chi connectivity index (χ1) is 29.4. The molecule has 3 nitrogen and oxygen atoms in total. The summed E-state index contributed by atoms with van der Waals surface area (Å²) in [5, 5.41) is 3.69. The Hall–Kier alpha value is -7.49. The van der Waals surface area contributed by atoms with E-state index in [-0.39, 0.29) is 35.4 Å². The summed E-state index contributed by atoms with van der Waals surface area (Å²) in [6.07, 6.45) is 0. The SMILES string of the molecule is [2H]c1c([2H])c(-n2c3ccccc3c3cc(-c4cccc(-c5cc(-c6ccccc6)cc(-c6ccccc6)n5)c4)ccc32)c([2H])c([2H])c1-c1cccc2c1oc1ccccc12. The van der Waals surface area contributed by atoms with Crippen LogP contribution in [0.25, 0.3) is 105 Å². The second-order valence-corrected chi connectivity index (χ2v) is 14.0. The first-order valence-corrected chi connectivity index (χ1v) is 18.7. The van der Waals surface area contributed by atoms with Gasteiger partial charge in [0.15, 0.2) is 0 Å². The molecule has 0 aliphatic heterocycles. The molecule has 0 spiro atoms. The second kappa shape index (κ2) is 13.1. The third-order valence-corrected chi connectivity index (χ3v) is 10.7. The van der Waals surface area contributed by atoms with Gasteiger partial charge in [0, 0.05) is 43.9 Å². The Morgan fingerprint density at radius 2 is 1.00 bits per heavy atom. The molecule has 0 N–H and O–H groups in total. The third-order valence-electron chi connectivity index (χ3n) is 10.7. The molecule has 0 fully saturated rings. The molecule has 3 aromatic heterocycles. The summed E-state index contributed by atoms with van der Waals surface area (Å²) < 4.78 is 45.7. The Morgan fingerprint density at radius 3 is 1.82 bits per heavy atom. The third kappa shape index (κ3) is 5.40. The zero-order valence-corrected chi connectivity index (χ0v) is 30.1. The molecule has 8 aromatic carbocycles. The molecule has 0 saturated heterocycles. The maximum Gasteiger partial charge on any atom is 0.143 e. The molecule has 0 radical (unpaired) electrons. The first-order valence-electron chi connectivity index (χ1n) is 20.7. The van der Waals surface area contributed by atoms with Crippen LogP contribution in [-0.4, -0.2) is 9.55 Å². The van der Waals surface area contributed by atoms with Crippen LogP contribution in [-0.2, 0) is 0 Å². The van der Waals surface area contributed by atoms with E-state index in [9.17, 15) is 5.48 Å². The number of pyridine rings is 1. The van der Waals surface area contributed by atoms with Crippen LogP contribution in [0.15, 0.2) is 211 Å². The molecule has 0 unspecified atom stereocenters. The van der Waals surface area contributed by atoms with Crippen LogP contribution in [0.1, 0.15) is 5.48 Å². The van der Waals surface area contributed by atoms with Crippen molar-refractivity contribution < 1.29 is 9.90 Å². The Morgan fingerprint density at radius 1 is 0.393 bits per heavy atom. The van der Waals surface area contributed by atoms with Gasteiger partial charge in [0.2, 0.25) is 0 Å². The molecular weight excluding hydrogens is 681 g/mol. The normalized spacial score (nSPS) is 12.6. The van der Waals surface area contributed by atoms with Gasteiger partial charge in [-0.25, -0.2) is 4.98 Å². The summed E-state index contributed by atoms with van der Waals surface area (Å²) in [5.41, 5.74) is 11.8. The van der Waals surface area contributed by atoms with E-state index >= 15 is 0 Å². The average Bonchev–Trinajstić information content (AvgIpc) is 3.85. The quantitative estimate of drug-likeness (QED) is 0.171.